The van der Waals surface area contributed by atoms with Crippen molar-refractivity contribution in [3.8, 4) is 0 Å². The van der Waals surface area contributed by atoms with Gasteiger partial charge in [0.2, 0.25) is 5.82 Å². The Kier molecular flexibility index (Phi) is 3.97. The third-order valence-corrected chi connectivity index (χ3v) is 3.71. The Labute approximate surface area is 116 Å². The average molecular weight is 329 g/mol. The Morgan fingerprint density at radius 2 is 2.22 bits per heavy atom. The van der Waals surface area contributed by atoms with Gasteiger partial charge in [-0.15, -0.1) is 0 Å². The number of nitrogens with zero attached hydrogens (tertiary/aromatic N) is 4. The third-order valence-electron chi connectivity index (χ3n) is 2.30. The molecule has 0 aliphatic heterocycles. The van der Waals surface area contributed by atoms with Gasteiger partial charge in [0.05, 0.1) is 17.8 Å². The number of rotatable bonds is 4. The van der Waals surface area contributed by atoms with Crippen LogP contribution < -0.4 is 0 Å². The van der Waals surface area contributed by atoms with Crippen molar-refractivity contribution in [3.63, 3.8) is 0 Å². The molecular formula is C10H9BrN4O2S. The van der Waals surface area contributed by atoms with E-state index in [-0.39, 0.29) is 5.82 Å². The van der Waals surface area contributed by atoms with Crippen LogP contribution >= 0.6 is 27.7 Å². The van der Waals surface area contributed by atoms with Crippen LogP contribution in [0, 0.1) is 10.1 Å². The number of nitro groups is 1. The van der Waals surface area contributed by atoms with Crippen molar-refractivity contribution in [2.45, 2.75) is 10.8 Å². The van der Waals surface area contributed by atoms with Crippen LogP contribution in [-0.2, 0) is 12.8 Å². The summed E-state index contributed by atoms with van der Waals surface area (Å²) in [6, 6.07) is 3.78. The van der Waals surface area contributed by atoms with Gasteiger partial charge in [0.25, 0.3) is 0 Å². The molecule has 0 spiro atoms. The molecule has 0 bridgehead atoms. The van der Waals surface area contributed by atoms with Crippen LogP contribution in [0.4, 0.5) is 5.82 Å². The predicted molar refractivity (Wildman–Crippen MR) is 71.4 cm³/mol. The summed E-state index contributed by atoms with van der Waals surface area (Å²) < 4.78 is 2.39. The van der Waals surface area contributed by atoms with Crippen LogP contribution in [0.2, 0.25) is 0 Å². The summed E-state index contributed by atoms with van der Waals surface area (Å²) in [5, 5.41) is 11.5. The highest BCUT2D eigenvalue weighted by Crippen LogP contribution is 2.23. The van der Waals surface area contributed by atoms with Crippen molar-refractivity contribution in [3.05, 3.63) is 44.9 Å². The second-order valence-electron chi connectivity index (χ2n) is 3.45. The number of aromatic nitrogens is 3. The summed E-state index contributed by atoms with van der Waals surface area (Å²) in [5.74, 6) is 1.18. The van der Waals surface area contributed by atoms with Crippen molar-refractivity contribution in [2.75, 3.05) is 0 Å². The van der Waals surface area contributed by atoms with E-state index in [1.165, 1.54) is 22.5 Å². The molecule has 0 aromatic carbocycles. The fraction of sp³-hybridized carbons (Fsp3) is 0.200. The first-order valence-electron chi connectivity index (χ1n) is 4.97. The molecule has 18 heavy (non-hydrogen) atoms. The summed E-state index contributed by atoms with van der Waals surface area (Å²) >= 11 is 4.79. The van der Waals surface area contributed by atoms with Gasteiger partial charge in [-0.1, -0.05) is 11.8 Å². The third kappa shape index (κ3) is 2.88. The van der Waals surface area contributed by atoms with E-state index < -0.39 is 4.92 Å². The van der Waals surface area contributed by atoms with Crippen LogP contribution in [0.1, 0.15) is 5.82 Å². The van der Waals surface area contributed by atoms with E-state index in [9.17, 15) is 10.1 Å². The maximum atomic E-state index is 10.7. The van der Waals surface area contributed by atoms with E-state index in [1.807, 2.05) is 12.1 Å². The Morgan fingerprint density at radius 1 is 1.44 bits per heavy atom. The van der Waals surface area contributed by atoms with Crippen LogP contribution in [0.5, 0.6) is 0 Å². The molecule has 2 aromatic rings. The molecule has 0 N–H and O–H groups in total. The lowest BCUT2D eigenvalue weighted by Gasteiger charge is -1.99. The molecule has 2 heterocycles. The Balaban J connectivity index is 2.06. The maximum Gasteiger partial charge on any atom is 0.342 e. The molecule has 0 aliphatic carbocycles. The normalized spacial score (nSPS) is 10.6. The van der Waals surface area contributed by atoms with Gasteiger partial charge in [0.15, 0.2) is 0 Å². The van der Waals surface area contributed by atoms with E-state index >= 15 is 0 Å². The number of halogens is 1. The van der Waals surface area contributed by atoms with Crippen LogP contribution in [-0.4, -0.2) is 19.5 Å². The molecule has 0 saturated carbocycles. The minimum atomic E-state index is -0.445. The van der Waals surface area contributed by atoms with Gasteiger partial charge in [-0.05, 0) is 33.0 Å². The van der Waals surface area contributed by atoms with E-state index in [0.29, 0.717) is 11.6 Å². The average Bonchev–Trinajstić information content (AvgIpc) is 2.70. The molecule has 0 amide bonds. The number of imidazole rings is 1. The smallest absolute Gasteiger partial charge is 0.342 e. The Morgan fingerprint density at radius 3 is 2.78 bits per heavy atom. The maximum absolute atomic E-state index is 10.7. The zero-order chi connectivity index (χ0) is 13.1. The second-order valence-corrected chi connectivity index (χ2v) is 5.36. The monoisotopic (exact) mass is 328 g/mol. The summed E-state index contributed by atoms with van der Waals surface area (Å²) in [7, 11) is 1.63. The topological polar surface area (TPSA) is 73.8 Å². The van der Waals surface area contributed by atoms with E-state index in [0.717, 1.165) is 9.50 Å². The molecule has 6 nitrogen and oxygen atoms in total. The van der Waals surface area contributed by atoms with Crippen molar-refractivity contribution in [2.24, 2.45) is 7.05 Å². The molecule has 2 aromatic heterocycles. The van der Waals surface area contributed by atoms with E-state index in [1.54, 1.807) is 13.2 Å². The lowest BCUT2D eigenvalue weighted by atomic mass is 10.5. The predicted octanol–water partition coefficient (Wildman–Crippen LogP) is 2.78. The molecule has 8 heteroatoms. The largest absolute Gasteiger partial charge is 0.358 e. The number of thioether (sulfide) groups is 1. The highest BCUT2D eigenvalue weighted by atomic mass is 79.9. The molecule has 0 aliphatic rings. The number of hydrogen-bond donors (Lipinski definition) is 0. The quantitative estimate of drug-likeness (QED) is 0.490. The van der Waals surface area contributed by atoms with Gasteiger partial charge in [0, 0.05) is 10.7 Å². The minimum absolute atomic E-state index is 0.00522. The molecule has 0 unspecified atom stereocenters. The van der Waals surface area contributed by atoms with Gasteiger partial charge in [-0.3, -0.25) is 0 Å². The van der Waals surface area contributed by atoms with Crippen LogP contribution in [0.15, 0.2) is 34.0 Å². The van der Waals surface area contributed by atoms with E-state index in [4.69, 9.17) is 0 Å². The van der Waals surface area contributed by atoms with Gasteiger partial charge in [-0.25, -0.2) is 14.5 Å². The zero-order valence-electron chi connectivity index (χ0n) is 9.41. The molecule has 0 fully saturated rings. The number of hydrogen-bond acceptors (Lipinski definition) is 5. The zero-order valence-corrected chi connectivity index (χ0v) is 11.8. The lowest BCUT2D eigenvalue weighted by Crippen LogP contribution is -2.00. The molecule has 2 rings (SSSR count). The van der Waals surface area contributed by atoms with Gasteiger partial charge in [-0.2, -0.15) is 0 Å². The first-order chi connectivity index (χ1) is 8.58. The first-order valence-corrected chi connectivity index (χ1v) is 6.75. The SMILES string of the molecule is Cn1c([N+](=O)[O-])cnc1CSc1ccc(Br)cn1. The van der Waals surface area contributed by atoms with Crippen molar-refractivity contribution < 1.29 is 4.92 Å². The van der Waals surface area contributed by atoms with Gasteiger partial charge < -0.3 is 10.1 Å². The van der Waals surface area contributed by atoms with Gasteiger partial charge >= 0.3 is 5.82 Å². The lowest BCUT2D eigenvalue weighted by molar-refractivity contribution is -0.391. The molecular weight excluding hydrogens is 320 g/mol. The van der Waals surface area contributed by atoms with E-state index in [2.05, 4.69) is 25.9 Å². The highest BCUT2D eigenvalue weighted by Gasteiger charge is 2.16. The summed E-state index contributed by atoms with van der Waals surface area (Å²) in [6.45, 7) is 0. The minimum Gasteiger partial charge on any atom is -0.358 e. The Bertz CT molecular complexity index is 570. The summed E-state index contributed by atoms with van der Waals surface area (Å²) in [4.78, 5) is 18.5. The first kappa shape index (κ1) is 13.0. The highest BCUT2D eigenvalue weighted by molar-refractivity contribution is 9.10. The van der Waals surface area contributed by atoms with Crippen molar-refractivity contribution >= 4 is 33.5 Å². The standard InChI is InChI=1S/C10H9BrN4O2S/c1-14-8(12-5-10(14)15(16)17)6-18-9-3-2-7(11)4-13-9/h2-5H,6H2,1H3. The molecule has 0 radical (unpaired) electrons. The van der Waals surface area contributed by atoms with Crippen LogP contribution in [0.25, 0.3) is 0 Å². The fourth-order valence-corrected chi connectivity index (χ4v) is 2.40. The van der Waals surface area contributed by atoms with Crippen molar-refractivity contribution in [1.29, 1.82) is 0 Å². The summed E-state index contributed by atoms with van der Waals surface area (Å²) in [6.07, 6.45) is 2.98. The Hall–Kier alpha value is -1.41. The molecule has 94 valence electrons. The van der Waals surface area contributed by atoms with Gasteiger partial charge in [0.1, 0.15) is 6.20 Å². The molecule has 0 atom stereocenters. The fourth-order valence-electron chi connectivity index (χ4n) is 1.33. The molecule has 0 saturated heterocycles. The second kappa shape index (κ2) is 5.49. The summed E-state index contributed by atoms with van der Waals surface area (Å²) in [5.41, 5.74) is 0. The van der Waals surface area contributed by atoms with Crippen LogP contribution in [0.3, 0.4) is 0 Å². The van der Waals surface area contributed by atoms with Crippen molar-refractivity contribution in [1.82, 2.24) is 14.5 Å². The number of pyridine rings is 1.